The van der Waals surface area contributed by atoms with Crippen molar-refractivity contribution in [3.63, 3.8) is 0 Å². The molecule has 3 fully saturated rings. The molecular formula is C26H34ClN5O3. The number of fused-ring (bicyclic) bond motifs is 1. The number of nitrogens with zero attached hydrogens (tertiary/aromatic N) is 3. The number of halogens is 1. The molecule has 1 saturated heterocycles. The lowest BCUT2D eigenvalue weighted by Gasteiger charge is -2.28. The van der Waals surface area contributed by atoms with E-state index in [2.05, 4.69) is 27.4 Å². The van der Waals surface area contributed by atoms with E-state index in [4.69, 9.17) is 16.6 Å². The van der Waals surface area contributed by atoms with Crippen molar-refractivity contribution in [2.24, 2.45) is 17.8 Å². The minimum absolute atomic E-state index is 0.0292. The van der Waals surface area contributed by atoms with E-state index in [1.54, 1.807) is 18.3 Å². The monoisotopic (exact) mass is 499 g/mol. The lowest BCUT2D eigenvalue weighted by Crippen LogP contribution is -2.39. The van der Waals surface area contributed by atoms with Crippen LogP contribution in [-0.2, 0) is 13.2 Å². The number of carbonyl (C=O) groups excluding carboxylic acids is 1. The number of aliphatic hydroxyl groups is 2. The molecule has 1 aromatic carbocycles. The molecule has 3 atom stereocenters. The van der Waals surface area contributed by atoms with Crippen molar-refractivity contribution in [2.75, 3.05) is 23.4 Å². The first-order valence-electron chi connectivity index (χ1n) is 12.6. The van der Waals surface area contributed by atoms with Gasteiger partial charge in [0, 0.05) is 30.4 Å². The Balaban J connectivity index is 1.37. The van der Waals surface area contributed by atoms with E-state index in [9.17, 15) is 15.0 Å². The van der Waals surface area contributed by atoms with Gasteiger partial charge in [-0.05, 0) is 67.1 Å². The van der Waals surface area contributed by atoms with Crippen molar-refractivity contribution in [2.45, 2.75) is 64.3 Å². The van der Waals surface area contributed by atoms with Crippen LogP contribution >= 0.6 is 11.6 Å². The summed E-state index contributed by atoms with van der Waals surface area (Å²) in [5.74, 6) is 2.64. The summed E-state index contributed by atoms with van der Waals surface area (Å²) >= 11 is 6.26. The van der Waals surface area contributed by atoms with Crippen molar-refractivity contribution >= 4 is 29.3 Å². The number of hydrogen-bond acceptors (Lipinski definition) is 7. The highest BCUT2D eigenvalue weighted by molar-refractivity contribution is 6.31. The van der Waals surface area contributed by atoms with Gasteiger partial charge in [-0.15, -0.1) is 0 Å². The summed E-state index contributed by atoms with van der Waals surface area (Å²) in [4.78, 5) is 24.6. The number of benzene rings is 1. The largest absolute Gasteiger partial charge is 0.394 e. The summed E-state index contributed by atoms with van der Waals surface area (Å²) < 4.78 is 0. The maximum Gasteiger partial charge on any atom is 0.256 e. The molecule has 3 unspecified atom stereocenters. The molecule has 8 nitrogen and oxygen atoms in total. The summed E-state index contributed by atoms with van der Waals surface area (Å²) in [5.41, 5.74) is 2.00. The molecule has 2 aromatic rings. The van der Waals surface area contributed by atoms with E-state index in [1.807, 2.05) is 6.07 Å². The Labute approximate surface area is 211 Å². The Morgan fingerprint density at radius 2 is 2.03 bits per heavy atom. The maximum absolute atomic E-state index is 13.2. The number of hydrogen-bond donors (Lipinski definition) is 4. The zero-order valence-electron chi connectivity index (χ0n) is 20.1. The molecule has 5 rings (SSSR count). The highest BCUT2D eigenvalue weighted by Crippen LogP contribution is 2.50. The second-order valence-corrected chi connectivity index (χ2v) is 10.8. The van der Waals surface area contributed by atoms with Crippen LogP contribution in [-0.4, -0.2) is 51.3 Å². The zero-order chi connectivity index (χ0) is 24.5. The third-order valence-electron chi connectivity index (χ3n) is 7.87. The SMILES string of the molecule is CC1CCC(NC(=O)c2cnc(N3CC4CC4C3CO)nc2NCc2ccc(CO)c(Cl)c2)CC1. The number of nitrogens with one attached hydrogen (secondary N) is 2. The predicted molar refractivity (Wildman–Crippen MR) is 135 cm³/mol. The quantitative estimate of drug-likeness (QED) is 0.440. The summed E-state index contributed by atoms with van der Waals surface area (Å²) in [6, 6.07) is 5.69. The summed E-state index contributed by atoms with van der Waals surface area (Å²) in [6.45, 7) is 3.46. The van der Waals surface area contributed by atoms with Crippen LogP contribution in [0.4, 0.5) is 11.8 Å². The third kappa shape index (κ3) is 5.25. The van der Waals surface area contributed by atoms with Crippen LogP contribution in [0, 0.1) is 17.8 Å². The van der Waals surface area contributed by atoms with Crippen LogP contribution in [0.2, 0.25) is 5.02 Å². The van der Waals surface area contributed by atoms with Gasteiger partial charge in [0.2, 0.25) is 5.95 Å². The molecule has 2 saturated carbocycles. The van der Waals surface area contributed by atoms with Gasteiger partial charge in [0.1, 0.15) is 11.4 Å². The van der Waals surface area contributed by atoms with Gasteiger partial charge in [0.25, 0.3) is 5.91 Å². The normalized spacial score (nSPS) is 27.4. The van der Waals surface area contributed by atoms with Crippen LogP contribution in [0.5, 0.6) is 0 Å². The van der Waals surface area contributed by atoms with Gasteiger partial charge in [0.15, 0.2) is 0 Å². The number of carbonyl (C=O) groups is 1. The molecule has 0 bridgehead atoms. The fourth-order valence-electron chi connectivity index (χ4n) is 5.53. The Hall–Kier alpha value is -2.42. The third-order valence-corrected chi connectivity index (χ3v) is 8.22. The van der Waals surface area contributed by atoms with Crippen molar-refractivity contribution < 1.29 is 15.0 Å². The van der Waals surface area contributed by atoms with Crippen LogP contribution in [0.25, 0.3) is 0 Å². The molecule has 1 aliphatic heterocycles. The van der Waals surface area contributed by atoms with Gasteiger partial charge >= 0.3 is 0 Å². The van der Waals surface area contributed by atoms with Crippen molar-refractivity contribution in [3.05, 3.63) is 46.1 Å². The van der Waals surface area contributed by atoms with Gasteiger partial charge in [-0.3, -0.25) is 4.79 Å². The maximum atomic E-state index is 13.2. The van der Waals surface area contributed by atoms with Gasteiger partial charge in [-0.2, -0.15) is 4.98 Å². The van der Waals surface area contributed by atoms with E-state index in [-0.39, 0.29) is 31.2 Å². The molecule has 35 heavy (non-hydrogen) atoms. The van der Waals surface area contributed by atoms with E-state index < -0.39 is 0 Å². The molecule has 3 aliphatic rings. The number of anilines is 2. The van der Waals surface area contributed by atoms with Gasteiger partial charge < -0.3 is 25.7 Å². The standard InChI is InChI=1S/C26H34ClN5O3/c1-15-2-6-19(7-3-15)30-25(35)21-11-29-26(32-12-18-9-20(18)23(32)14-34)31-24(21)28-10-16-4-5-17(13-33)22(27)8-16/h4-5,8,11,15,18-20,23,33-34H,2-3,6-7,9-10,12-14H2,1H3,(H,30,35)(H,28,29,31). The molecule has 1 amide bonds. The first-order chi connectivity index (χ1) is 17.0. The molecular weight excluding hydrogens is 466 g/mol. The second-order valence-electron chi connectivity index (χ2n) is 10.4. The minimum Gasteiger partial charge on any atom is -0.394 e. The molecule has 0 spiro atoms. The molecule has 2 aliphatic carbocycles. The van der Waals surface area contributed by atoms with Crippen LogP contribution < -0.4 is 15.5 Å². The number of aliphatic hydroxyl groups excluding tert-OH is 2. The topological polar surface area (TPSA) is 111 Å². The average Bonchev–Trinajstić information content (AvgIpc) is 3.54. The summed E-state index contributed by atoms with van der Waals surface area (Å²) in [6.07, 6.45) is 6.97. The Morgan fingerprint density at radius 3 is 2.74 bits per heavy atom. The Morgan fingerprint density at radius 1 is 1.23 bits per heavy atom. The lowest BCUT2D eigenvalue weighted by molar-refractivity contribution is 0.0923. The fraction of sp³-hybridized carbons (Fsp3) is 0.577. The predicted octanol–water partition coefficient (Wildman–Crippen LogP) is 3.36. The number of amides is 1. The van der Waals surface area contributed by atoms with Crippen molar-refractivity contribution in [1.82, 2.24) is 15.3 Å². The number of piperidine rings is 1. The van der Waals surface area contributed by atoms with E-state index >= 15 is 0 Å². The van der Waals surface area contributed by atoms with Crippen LogP contribution in [0.3, 0.4) is 0 Å². The van der Waals surface area contributed by atoms with Crippen LogP contribution in [0.1, 0.15) is 60.5 Å². The fourth-order valence-corrected chi connectivity index (χ4v) is 5.79. The minimum atomic E-state index is -0.171. The highest BCUT2D eigenvalue weighted by atomic mass is 35.5. The van der Waals surface area contributed by atoms with E-state index in [0.29, 0.717) is 52.2 Å². The molecule has 9 heteroatoms. The van der Waals surface area contributed by atoms with Crippen molar-refractivity contribution in [1.29, 1.82) is 0 Å². The Bertz CT molecular complexity index is 1070. The van der Waals surface area contributed by atoms with Gasteiger partial charge in [-0.25, -0.2) is 4.98 Å². The summed E-state index contributed by atoms with van der Waals surface area (Å²) in [5, 5.41) is 26.3. The average molecular weight is 500 g/mol. The second kappa shape index (κ2) is 10.3. The molecule has 4 N–H and O–H groups in total. The Kier molecular flexibility index (Phi) is 7.14. The molecule has 0 radical (unpaired) electrons. The van der Waals surface area contributed by atoms with Gasteiger partial charge in [0.05, 0.1) is 19.3 Å². The highest BCUT2D eigenvalue weighted by Gasteiger charge is 2.53. The first kappa shape index (κ1) is 24.3. The van der Waals surface area contributed by atoms with Crippen LogP contribution in [0.15, 0.2) is 24.4 Å². The first-order valence-corrected chi connectivity index (χ1v) is 13.0. The zero-order valence-corrected chi connectivity index (χ0v) is 20.8. The number of aromatic nitrogens is 2. The van der Waals surface area contributed by atoms with Gasteiger partial charge in [-0.1, -0.05) is 30.7 Å². The summed E-state index contributed by atoms with van der Waals surface area (Å²) in [7, 11) is 0. The van der Waals surface area contributed by atoms with Crippen molar-refractivity contribution in [3.8, 4) is 0 Å². The lowest BCUT2D eigenvalue weighted by atomic mass is 9.87. The number of rotatable bonds is 8. The van der Waals surface area contributed by atoms with E-state index in [1.165, 1.54) is 0 Å². The smallest absolute Gasteiger partial charge is 0.256 e. The van der Waals surface area contributed by atoms with E-state index in [0.717, 1.165) is 44.2 Å². The molecule has 188 valence electrons. The molecule has 1 aromatic heterocycles. The molecule has 2 heterocycles.